The van der Waals surface area contributed by atoms with E-state index in [1.54, 1.807) is 36.0 Å². The second-order valence-electron chi connectivity index (χ2n) is 8.25. The summed E-state index contributed by atoms with van der Waals surface area (Å²) >= 11 is 3.02. The number of sulfonamides is 1. The van der Waals surface area contributed by atoms with Crippen LogP contribution in [-0.2, 0) is 32.4 Å². The molecular weight excluding hydrogens is 480 g/mol. The lowest BCUT2D eigenvalue weighted by Gasteiger charge is -2.30. The minimum atomic E-state index is -3.59. The maximum absolute atomic E-state index is 13.0. The number of nitrogens with zero attached hydrogens (tertiary/aromatic N) is 1. The van der Waals surface area contributed by atoms with Gasteiger partial charge in [-0.2, -0.15) is 4.31 Å². The molecule has 2 heterocycles. The van der Waals surface area contributed by atoms with Crippen LogP contribution in [0.2, 0.25) is 0 Å². The lowest BCUT2D eigenvalue weighted by atomic mass is 9.95. The predicted molar refractivity (Wildman–Crippen MR) is 131 cm³/mol. The van der Waals surface area contributed by atoms with Crippen molar-refractivity contribution >= 4 is 50.0 Å². The summed E-state index contributed by atoms with van der Waals surface area (Å²) in [5, 5.41) is 3.52. The van der Waals surface area contributed by atoms with Crippen LogP contribution in [0.25, 0.3) is 0 Å². The van der Waals surface area contributed by atoms with Crippen molar-refractivity contribution in [3.8, 4) is 0 Å². The van der Waals surface area contributed by atoms with Crippen molar-refractivity contribution in [2.75, 3.05) is 31.8 Å². The minimum Gasteiger partial charge on any atom is -0.465 e. The number of amides is 1. The van der Waals surface area contributed by atoms with Crippen molar-refractivity contribution in [3.63, 3.8) is 0 Å². The Balaban J connectivity index is 1.43. The molecule has 2 aliphatic rings. The Labute approximate surface area is 202 Å². The molecule has 0 radical (unpaired) electrons. The van der Waals surface area contributed by atoms with Gasteiger partial charge in [-0.05, 0) is 74.6 Å². The summed E-state index contributed by atoms with van der Waals surface area (Å²) < 4.78 is 32.4. The number of fused-ring (bicyclic) bond motifs is 1. The first kappa shape index (κ1) is 24.3. The molecule has 0 spiro atoms. The molecule has 0 atom stereocenters. The highest BCUT2D eigenvalue weighted by Crippen LogP contribution is 2.39. The molecule has 1 amide bonds. The SMILES string of the molecule is COC(=O)c1c(NC(=O)C2CCN(S(=O)(=O)c3ccc(SC)cc3)CC2)sc2c1CCCC2. The summed E-state index contributed by atoms with van der Waals surface area (Å²) in [6.45, 7) is 0.574. The third-order valence-electron chi connectivity index (χ3n) is 6.32. The van der Waals surface area contributed by atoms with Gasteiger partial charge in [0.1, 0.15) is 5.00 Å². The Morgan fingerprint density at radius 1 is 1.12 bits per heavy atom. The lowest BCUT2D eigenvalue weighted by Crippen LogP contribution is -2.41. The van der Waals surface area contributed by atoms with Gasteiger partial charge in [0.25, 0.3) is 0 Å². The minimum absolute atomic E-state index is 0.167. The molecule has 7 nitrogen and oxygen atoms in total. The van der Waals surface area contributed by atoms with Crippen molar-refractivity contribution < 1.29 is 22.7 Å². The number of benzene rings is 1. The van der Waals surface area contributed by atoms with Crippen molar-refractivity contribution in [2.45, 2.75) is 48.3 Å². The van der Waals surface area contributed by atoms with Gasteiger partial charge in [-0.25, -0.2) is 13.2 Å². The first-order valence-corrected chi connectivity index (χ1v) is 14.5. The zero-order valence-electron chi connectivity index (χ0n) is 18.8. The molecule has 1 N–H and O–H groups in total. The van der Waals surface area contributed by atoms with E-state index in [4.69, 9.17) is 4.74 Å². The summed E-state index contributed by atoms with van der Waals surface area (Å²) in [6, 6.07) is 6.87. The number of rotatable bonds is 6. The van der Waals surface area contributed by atoms with Gasteiger partial charge in [0.05, 0.1) is 17.6 Å². The number of hydrogen-bond acceptors (Lipinski definition) is 7. The number of ether oxygens (including phenoxy) is 1. The predicted octanol–water partition coefficient (Wildman–Crippen LogP) is 4.17. The van der Waals surface area contributed by atoms with E-state index in [0.717, 1.165) is 41.0 Å². The van der Waals surface area contributed by atoms with Crippen LogP contribution >= 0.6 is 23.1 Å². The van der Waals surface area contributed by atoms with E-state index in [0.29, 0.717) is 23.4 Å². The molecule has 2 aromatic rings. The summed E-state index contributed by atoms with van der Waals surface area (Å²) in [6.07, 6.45) is 6.65. The van der Waals surface area contributed by atoms with Gasteiger partial charge in [-0.3, -0.25) is 4.79 Å². The first-order valence-electron chi connectivity index (χ1n) is 11.0. The summed E-state index contributed by atoms with van der Waals surface area (Å²) in [4.78, 5) is 27.8. The Hall–Kier alpha value is -1.88. The molecule has 0 saturated carbocycles. The number of nitrogens with one attached hydrogen (secondary N) is 1. The zero-order valence-corrected chi connectivity index (χ0v) is 21.2. The van der Waals surface area contributed by atoms with Crippen molar-refractivity contribution in [3.05, 3.63) is 40.3 Å². The Morgan fingerprint density at radius 3 is 2.42 bits per heavy atom. The molecule has 0 unspecified atom stereocenters. The third kappa shape index (κ3) is 4.99. The number of piperidine rings is 1. The fourth-order valence-electron chi connectivity index (χ4n) is 4.44. The van der Waals surface area contributed by atoms with E-state index < -0.39 is 16.0 Å². The molecule has 1 aliphatic heterocycles. The monoisotopic (exact) mass is 508 g/mol. The number of esters is 1. The van der Waals surface area contributed by atoms with E-state index in [1.807, 2.05) is 6.26 Å². The number of aryl methyl sites for hydroxylation is 1. The normalized spacial score (nSPS) is 17.4. The van der Waals surface area contributed by atoms with Crippen LogP contribution < -0.4 is 5.32 Å². The topological polar surface area (TPSA) is 92.8 Å². The smallest absolute Gasteiger partial charge is 0.341 e. The molecular formula is C23H28N2O5S3. The van der Waals surface area contributed by atoms with Gasteiger partial charge in [0.15, 0.2) is 0 Å². The number of anilines is 1. The van der Waals surface area contributed by atoms with Crippen molar-refractivity contribution in [1.29, 1.82) is 0 Å². The Bertz CT molecular complexity index is 1130. The molecule has 178 valence electrons. The molecule has 0 bridgehead atoms. The second-order valence-corrected chi connectivity index (χ2v) is 12.2. The van der Waals surface area contributed by atoms with Crippen molar-refractivity contribution in [1.82, 2.24) is 4.31 Å². The highest BCUT2D eigenvalue weighted by Gasteiger charge is 2.33. The summed E-state index contributed by atoms with van der Waals surface area (Å²) in [5.74, 6) is -0.891. The van der Waals surface area contributed by atoms with Crippen LogP contribution in [0.5, 0.6) is 0 Å². The average Bonchev–Trinajstić information content (AvgIpc) is 3.21. The highest BCUT2D eigenvalue weighted by molar-refractivity contribution is 7.98. The largest absolute Gasteiger partial charge is 0.465 e. The van der Waals surface area contributed by atoms with Crippen molar-refractivity contribution in [2.24, 2.45) is 5.92 Å². The van der Waals surface area contributed by atoms with E-state index >= 15 is 0 Å². The lowest BCUT2D eigenvalue weighted by molar-refractivity contribution is -0.120. The molecule has 1 aromatic heterocycles. The van der Waals surface area contributed by atoms with Gasteiger partial charge >= 0.3 is 5.97 Å². The van der Waals surface area contributed by atoms with Gasteiger partial charge in [0, 0.05) is 28.8 Å². The summed E-state index contributed by atoms with van der Waals surface area (Å²) in [7, 11) is -2.23. The van der Waals surface area contributed by atoms with E-state index in [-0.39, 0.29) is 29.8 Å². The van der Waals surface area contributed by atoms with Gasteiger partial charge < -0.3 is 10.1 Å². The fraction of sp³-hybridized carbons (Fsp3) is 0.478. The van der Waals surface area contributed by atoms with Crippen LogP contribution in [0.4, 0.5) is 5.00 Å². The number of hydrogen-bond donors (Lipinski definition) is 1. The average molecular weight is 509 g/mol. The van der Waals surface area contributed by atoms with Gasteiger partial charge in [0.2, 0.25) is 15.9 Å². The van der Waals surface area contributed by atoms with Crippen LogP contribution in [0.15, 0.2) is 34.1 Å². The standard InChI is InChI=1S/C23H28N2O5S3/c1-30-23(27)20-18-5-3-4-6-19(18)32-22(20)24-21(26)15-11-13-25(14-12-15)33(28,29)17-9-7-16(31-2)8-10-17/h7-10,15H,3-6,11-14H2,1-2H3,(H,24,26). The molecule has 1 saturated heterocycles. The maximum atomic E-state index is 13.0. The van der Waals surface area contributed by atoms with E-state index in [9.17, 15) is 18.0 Å². The highest BCUT2D eigenvalue weighted by atomic mass is 32.2. The van der Waals surface area contributed by atoms with Crippen LogP contribution in [0, 0.1) is 5.92 Å². The quantitative estimate of drug-likeness (QED) is 0.465. The fourth-order valence-corrected chi connectivity index (χ4v) is 7.60. The van der Waals surface area contributed by atoms with E-state index in [2.05, 4.69) is 5.32 Å². The number of carbonyl (C=O) groups is 2. The van der Waals surface area contributed by atoms with Gasteiger partial charge in [-0.1, -0.05) is 0 Å². The Morgan fingerprint density at radius 2 is 1.79 bits per heavy atom. The number of thiophene rings is 1. The molecule has 10 heteroatoms. The summed E-state index contributed by atoms with van der Waals surface area (Å²) in [5.41, 5.74) is 1.49. The molecule has 1 aromatic carbocycles. The Kier molecular flexibility index (Phi) is 7.47. The maximum Gasteiger partial charge on any atom is 0.341 e. The van der Waals surface area contributed by atoms with Crippen LogP contribution in [0.1, 0.15) is 46.5 Å². The van der Waals surface area contributed by atoms with Gasteiger partial charge in [-0.15, -0.1) is 23.1 Å². The molecule has 1 fully saturated rings. The van der Waals surface area contributed by atoms with E-state index in [1.165, 1.54) is 22.8 Å². The number of methoxy groups -OCH3 is 1. The first-order chi connectivity index (χ1) is 15.8. The number of carbonyl (C=O) groups excluding carboxylic acids is 2. The molecule has 1 aliphatic carbocycles. The van der Waals surface area contributed by atoms with Crippen LogP contribution in [0.3, 0.4) is 0 Å². The van der Waals surface area contributed by atoms with Crippen LogP contribution in [-0.4, -0.2) is 51.1 Å². The molecule has 33 heavy (non-hydrogen) atoms. The molecule has 4 rings (SSSR count). The second kappa shape index (κ2) is 10.2. The zero-order chi connectivity index (χ0) is 23.6. The number of thioether (sulfide) groups is 1. The third-order valence-corrected chi connectivity index (χ3v) is 10.2.